The van der Waals surface area contributed by atoms with Crippen LogP contribution < -0.4 is 5.32 Å². The third-order valence-corrected chi connectivity index (χ3v) is 17.2. The van der Waals surface area contributed by atoms with E-state index in [-0.39, 0.29) is 19.1 Å². The zero-order chi connectivity index (χ0) is 59.1. The molecule has 0 aromatic rings. The van der Waals surface area contributed by atoms with Gasteiger partial charge in [0, 0.05) is 6.42 Å². The van der Waals surface area contributed by atoms with Crippen LogP contribution in [0, 0.1) is 0 Å². The molecule has 3 atom stereocenters. The number of quaternary nitrogens is 1. The second-order valence-corrected chi connectivity index (χ2v) is 27.0. The van der Waals surface area contributed by atoms with E-state index in [1.54, 1.807) is 6.08 Å². The second-order valence-electron chi connectivity index (χ2n) is 25.6. The number of phosphoric acid groups is 1. The number of unbranched alkanes of at least 4 members (excludes halogenated alkanes) is 47. The minimum Gasteiger partial charge on any atom is -0.387 e. The van der Waals surface area contributed by atoms with Crippen molar-refractivity contribution in [1.82, 2.24) is 5.32 Å². The van der Waals surface area contributed by atoms with Crippen LogP contribution in [0.5, 0.6) is 0 Å². The van der Waals surface area contributed by atoms with Crippen molar-refractivity contribution in [3.63, 3.8) is 0 Å². The van der Waals surface area contributed by atoms with E-state index in [1.807, 2.05) is 27.2 Å². The molecule has 81 heavy (non-hydrogen) atoms. The predicted octanol–water partition coefficient (Wildman–Crippen LogP) is 22.6. The van der Waals surface area contributed by atoms with E-state index >= 15 is 0 Å². The standard InChI is InChI=1S/C72H139N2O6P/c1-6-8-10-12-14-16-18-20-22-24-26-28-29-30-31-32-33-34-35-36-37-38-39-40-41-42-43-44-45-46-48-50-52-54-56-58-60-62-64-66-72(76)73-70(69-80-81(77,78)79-68-67-74(3,4)5)71(75)65-63-61-59-57-55-53-51-49-47-27-25-23-21-19-17-15-13-11-9-7-2/h36-37,47,49,55,57,63,65,70-71,75H,6-35,38-46,48,50-54,56,58-62,64,66-69H2,1-5H3,(H-,73,76,77,78)/p+1/b37-36-,49-47+,57-55+,65-63+. The Kier molecular flexibility index (Phi) is 61.8. The number of aliphatic hydroxyl groups excluding tert-OH is 1. The lowest BCUT2D eigenvalue weighted by Gasteiger charge is -2.25. The summed E-state index contributed by atoms with van der Waals surface area (Å²) in [6.07, 6.45) is 85.7. The highest BCUT2D eigenvalue weighted by Gasteiger charge is 2.28. The molecule has 3 unspecified atom stereocenters. The zero-order valence-electron chi connectivity index (χ0n) is 54.8. The molecule has 0 spiro atoms. The van der Waals surface area contributed by atoms with Crippen molar-refractivity contribution in [2.24, 2.45) is 0 Å². The number of rotatable bonds is 66. The van der Waals surface area contributed by atoms with E-state index in [0.717, 1.165) is 44.9 Å². The molecule has 0 saturated carbocycles. The summed E-state index contributed by atoms with van der Waals surface area (Å²) < 4.78 is 23.8. The van der Waals surface area contributed by atoms with Gasteiger partial charge in [0.2, 0.25) is 5.91 Å². The first-order valence-corrected chi connectivity index (χ1v) is 37.0. The fourth-order valence-electron chi connectivity index (χ4n) is 10.7. The molecule has 0 aliphatic rings. The SMILES string of the molecule is CCCCCCCCCCCC/C=C/CC/C=C/CC/C=C/C(O)C(COP(=O)(O)OCC[N+](C)(C)C)NC(=O)CCCCCCCCCCCCCCCCCCC/C=C\CCCCCCCCCCCCCCCCCCCC. The lowest BCUT2D eigenvalue weighted by Crippen LogP contribution is -2.45. The van der Waals surface area contributed by atoms with Gasteiger partial charge in [-0.2, -0.15) is 0 Å². The maximum absolute atomic E-state index is 13.0. The molecule has 3 N–H and O–H groups in total. The molecular weight excluding hydrogens is 1020 g/mol. The van der Waals surface area contributed by atoms with Crippen LogP contribution in [0.25, 0.3) is 0 Å². The Bertz CT molecular complexity index is 1460. The number of phosphoric ester groups is 1. The fourth-order valence-corrected chi connectivity index (χ4v) is 11.5. The molecule has 0 aromatic carbocycles. The topological polar surface area (TPSA) is 105 Å². The number of amides is 1. The van der Waals surface area contributed by atoms with E-state index < -0.39 is 20.0 Å². The van der Waals surface area contributed by atoms with Crippen molar-refractivity contribution in [2.75, 3.05) is 40.9 Å². The zero-order valence-corrected chi connectivity index (χ0v) is 55.7. The molecule has 478 valence electrons. The minimum absolute atomic E-state index is 0.0541. The van der Waals surface area contributed by atoms with Gasteiger partial charge in [-0.05, 0) is 70.6 Å². The molecule has 1 amide bonds. The van der Waals surface area contributed by atoms with Crippen LogP contribution in [0.3, 0.4) is 0 Å². The Hall–Kier alpha value is -1.54. The van der Waals surface area contributed by atoms with Gasteiger partial charge < -0.3 is 19.8 Å². The van der Waals surface area contributed by atoms with Crippen LogP contribution in [0.1, 0.15) is 354 Å². The van der Waals surface area contributed by atoms with E-state index in [4.69, 9.17) is 9.05 Å². The molecule has 0 rings (SSSR count). The maximum atomic E-state index is 13.0. The molecule has 0 radical (unpaired) electrons. The van der Waals surface area contributed by atoms with E-state index in [1.165, 1.54) is 289 Å². The third kappa shape index (κ3) is 65.9. The number of hydrogen-bond donors (Lipinski definition) is 3. The Balaban J connectivity index is 3.97. The van der Waals surface area contributed by atoms with Crippen LogP contribution in [-0.2, 0) is 18.4 Å². The van der Waals surface area contributed by atoms with Gasteiger partial charge >= 0.3 is 7.82 Å². The summed E-state index contributed by atoms with van der Waals surface area (Å²) in [6, 6.07) is -0.871. The molecule has 0 bridgehead atoms. The van der Waals surface area contributed by atoms with Crippen LogP contribution in [0.4, 0.5) is 0 Å². The highest BCUT2D eigenvalue weighted by Crippen LogP contribution is 2.43. The van der Waals surface area contributed by atoms with Crippen LogP contribution >= 0.6 is 7.82 Å². The number of likely N-dealkylation sites (N-methyl/N-ethyl adjacent to an activating group) is 1. The first kappa shape index (κ1) is 79.5. The fraction of sp³-hybridized carbons (Fsp3) is 0.875. The number of nitrogens with one attached hydrogen (secondary N) is 1. The Morgan fingerprint density at radius 1 is 0.407 bits per heavy atom. The van der Waals surface area contributed by atoms with Gasteiger partial charge in [-0.25, -0.2) is 4.57 Å². The Labute approximate surface area is 505 Å². The largest absolute Gasteiger partial charge is 0.472 e. The van der Waals surface area contributed by atoms with E-state index in [2.05, 4.69) is 55.6 Å². The van der Waals surface area contributed by atoms with Crippen molar-refractivity contribution in [2.45, 2.75) is 366 Å². The Morgan fingerprint density at radius 3 is 0.988 bits per heavy atom. The number of aliphatic hydroxyl groups is 1. The maximum Gasteiger partial charge on any atom is 0.472 e. The summed E-state index contributed by atoms with van der Waals surface area (Å²) in [4.78, 5) is 23.4. The number of carbonyl (C=O) groups excluding carboxylic acids is 1. The smallest absolute Gasteiger partial charge is 0.387 e. The summed E-state index contributed by atoms with van der Waals surface area (Å²) in [6.45, 7) is 4.83. The summed E-state index contributed by atoms with van der Waals surface area (Å²) in [5, 5.41) is 14.0. The minimum atomic E-state index is -4.36. The molecule has 0 heterocycles. The summed E-state index contributed by atoms with van der Waals surface area (Å²) in [7, 11) is 1.56. The van der Waals surface area contributed by atoms with Crippen LogP contribution in [-0.4, -0.2) is 73.4 Å². The third-order valence-electron chi connectivity index (χ3n) is 16.2. The predicted molar refractivity (Wildman–Crippen MR) is 355 cm³/mol. The van der Waals surface area contributed by atoms with Crippen molar-refractivity contribution in [1.29, 1.82) is 0 Å². The molecule has 9 heteroatoms. The van der Waals surface area contributed by atoms with Gasteiger partial charge in [0.15, 0.2) is 0 Å². The average molecular weight is 1160 g/mol. The van der Waals surface area contributed by atoms with Gasteiger partial charge in [-0.3, -0.25) is 13.8 Å². The molecule has 8 nitrogen and oxygen atoms in total. The van der Waals surface area contributed by atoms with Crippen molar-refractivity contribution in [3.05, 3.63) is 48.6 Å². The monoisotopic (exact) mass is 1160 g/mol. The van der Waals surface area contributed by atoms with Crippen molar-refractivity contribution >= 4 is 13.7 Å². The average Bonchev–Trinajstić information content (AvgIpc) is 3.43. The van der Waals surface area contributed by atoms with Crippen LogP contribution in [0.2, 0.25) is 0 Å². The van der Waals surface area contributed by atoms with Gasteiger partial charge in [0.25, 0.3) is 0 Å². The first-order valence-electron chi connectivity index (χ1n) is 35.5. The molecule has 0 aromatic heterocycles. The number of allylic oxidation sites excluding steroid dienone is 7. The molecule has 0 aliphatic carbocycles. The van der Waals surface area contributed by atoms with Gasteiger partial charge in [0.1, 0.15) is 13.2 Å². The normalized spacial score (nSPS) is 13.9. The number of hydrogen-bond acceptors (Lipinski definition) is 5. The Morgan fingerprint density at radius 2 is 0.679 bits per heavy atom. The lowest BCUT2D eigenvalue weighted by molar-refractivity contribution is -0.870. The van der Waals surface area contributed by atoms with Crippen molar-refractivity contribution in [3.8, 4) is 0 Å². The molecular formula is C72H140N2O6P+. The number of nitrogens with zero attached hydrogens (tertiary/aromatic N) is 1. The quantitative estimate of drug-likeness (QED) is 0.0243. The first-order chi connectivity index (χ1) is 39.5. The molecule has 0 fully saturated rings. The molecule has 0 saturated heterocycles. The summed E-state index contributed by atoms with van der Waals surface area (Å²) >= 11 is 0. The highest BCUT2D eigenvalue weighted by molar-refractivity contribution is 7.47. The van der Waals surface area contributed by atoms with E-state index in [0.29, 0.717) is 17.4 Å². The van der Waals surface area contributed by atoms with Crippen LogP contribution in [0.15, 0.2) is 48.6 Å². The molecule has 0 aliphatic heterocycles. The summed E-state index contributed by atoms with van der Waals surface area (Å²) in [5.41, 5.74) is 0. The second kappa shape index (κ2) is 63.0. The van der Waals surface area contributed by atoms with E-state index in [9.17, 15) is 19.4 Å². The van der Waals surface area contributed by atoms with Gasteiger partial charge in [0.05, 0.1) is 39.9 Å². The summed E-state index contributed by atoms with van der Waals surface area (Å²) in [5.74, 6) is -0.186. The van der Waals surface area contributed by atoms with Gasteiger partial charge in [-0.1, -0.05) is 326 Å². The lowest BCUT2D eigenvalue weighted by atomic mass is 10.0. The van der Waals surface area contributed by atoms with Crippen molar-refractivity contribution < 1.29 is 32.9 Å². The number of carbonyl (C=O) groups is 1. The van der Waals surface area contributed by atoms with Gasteiger partial charge in [-0.15, -0.1) is 0 Å². The highest BCUT2D eigenvalue weighted by atomic mass is 31.2.